The molecule has 1 N–H and O–H groups in total. The SMILES string of the molecule is CC1(C)Oc2ccc3ccc(=O)oc3c2[C@@H](N=[N+]=[N-])[C@@H]1O. The highest BCUT2D eigenvalue weighted by Crippen LogP contribution is 2.44. The first-order chi connectivity index (χ1) is 9.94. The van der Waals surface area contributed by atoms with Crippen molar-refractivity contribution in [3.8, 4) is 5.75 Å². The highest BCUT2D eigenvalue weighted by Gasteiger charge is 2.44. The molecule has 0 saturated heterocycles. The molecule has 108 valence electrons. The minimum absolute atomic E-state index is 0.270. The van der Waals surface area contributed by atoms with E-state index in [0.29, 0.717) is 16.7 Å². The number of hydrogen-bond donors (Lipinski definition) is 1. The van der Waals surface area contributed by atoms with Gasteiger partial charge in [0.25, 0.3) is 0 Å². The van der Waals surface area contributed by atoms with Crippen molar-refractivity contribution in [1.82, 2.24) is 0 Å². The molecule has 0 fully saturated rings. The maximum Gasteiger partial charge on any atom is 0.336 e. The average molecular weight is 287 g/mol. The van der Waals surface area contributed by atoms with E-state index in [9.17, 15) is 9.90 Å². The molecular formula is C14H13N3O4. The van der Waals surface area contributed by atoms with Crippen molar-refractivity contribution < 1.29 is 14.3 Å². The molecule has 0 aliphatic carbocycles. The highest BCUT2D eigenvalue weighted by molar-refractivity contribution is 5.83. The Morgan fingerprint density at radius 1 is 1.33 bits per heavy atom. The van der Waals surface area contributed by atoms with Gasteiger partial charge in [0.05, 0.1) is 6.04 Å². The lowest BCUT2D eigenvalue weighted by molar-refractivity contribution is -0.0567. The monoisotopic (exact) mass is 287 g/mol. The standard InChI is InChI=1S/C14H13N3O4/c1-14(2)13(19)11(16-17-15)10-8(21-14)5-3-7-4-6-9(18)20-12(7)10/h3-6,11,13,19H,1-2H3/t11-,13+/m1/s1. The van der Waals surface area contributed by atoms with Crippen molar-refractivity contribution in [2.24, 2.45) is 5.11 Å². The molecule has 0 bridgehead atoms. The average Bonchev–Trinajstić information content (AvgIpc) is 2.43. The Morgan fingerprint density at radius 3 is 2.76 bits per heavy atom. The number of nitrogens with zero attached hydrogens (tertiary/aromatic N) is 3. The zero-order valence-electron chi connectivity index (χ0n) is 11.5. The summed E-state index contributed by atoms with van der Waals surface area (Å²) in [5.41, 5.74) is 8.00. The first kappa shape index (κ1) is 13.5. The van der Waals surface area contributed by atoms with Crippen LogP contribution in [0.1, 0.15) is 25.5 Å². The maximum atomic E-state index is 11.5. The molecule has 2 aromatic rings. The number of fused-ring (bicyclic) bond motifs is 3. The van der Waals surface area contributed by atoms with E-state index in [-0.39, 0.29) is 5.58 Å². The number of rotatable bonds is 1. The van der Waals surface area contributed by atoms with Gasteiger partial charge in [-0.2, -0.15) is 0 Å². The van der Waals surface area contributed by atoms with Gasteiger partial charge in [0.2, 0.25) is 0 Å². The first-order valence-corrected chi connectivity index (χ1v) is 6.42. The molecule has 1 aromatic heterocycles. The van der Waals surface area contributed by atoms with E-state index < -0.39 is 23.4 Å². The van der Waals surface area contributed by atoms with Gasteiger partial charge in [0.1, 0.15) is 23.0 Å². The molecule has 2 heterocycles. The fourth-order valence-corrected chi connectivity index (χ4v) is 2.56. The molecule has 0 saturated carbocycles. The molecule has 7 heteroatoms. The van der Waals surface area contributed by atoms with Crippen LogP contribution in [0.25, 0.3) is 21.4 Å². The third kappa shape index (κ3) is 2.03. The molecule has 21 heavy (non-hydrogen) atoms. The van der Waals surface area contributed by atoms with Gasteiger partial charge in [-0.3, -0.25) is 0 Å². The number of ether oxygens (including phenoxy) is 1. The van der Waals surface area contributed by atoms with Gasteiger partial charge in [-0.15, -0.1) is 0 Å². The van der Waals surface area contributed by atoms with Crippen LogP contribution in [0.2, 0.25) is 0 Å². The number of hydrogen-bond acceptors (Lipinski definition) is 5. The van der Waals surface area contributed by atoms with Gasteiger partial charge in [0.15, 0.2) is 0 Å². The number of azide groups is 1. The predicted octanol–water partition coefficient (Wildman–Crippen LogP) is 2.68. The summed E-state index contributed by atoms with van der Waals surface area (Å²) in [7, 11) is 0. The first-order valence-electron chi connectivity index (χ1n) is 6.42. The lowest BCUT2D eigenvalue weighted by atomic mass is 9.86. The van der Waals surface area contributed by atoms with Crippen LogP contribution in [-0.4, -0.2) is 16.8 Å². The van der Waals surface area contributed by atoms with Crippen LogP contribution in [-0.2, 0) is 0 Å². The Hall–Kier alpha value is -2.50. The molecule has 0 spiro atoms. The van der Waals surface area contributed by atoms with Crippen LogP contribution in [0, 0.1) is 0 Å². The summed E-state index contributed by atoms with van der Waals surface area (Å²) in [6.45, 7) is 3.40. The Balaban J connectivity index is 2.38. The van der Waals surface area contributed by atoms with Gasteiger partial charge in [-0.05, 0) is 37.6 Å². The minimum atomic E-state index is -1.06. The molecule has 3 rings (SSSR count). The Bertz CT molecular complexity index is 821. The summed E-state index contributed by atoms with van der Waals surface area (Å²) in [6.07, 6.45) is -1.06. The summed E-state index contributed by atoms with van der Waals surface area (Å²) in [5, 5.41) is 14.7. The lowest BCUT2D eigenvalue weighted by Crippen LogP contribution is -2.48. The van der Waals surface area contributed by atoms with Crippen LogP contribution >= 0.6 is 0 Å². The van der Waals surface area contributed by atoms with Gasteiger partial charge in [0, 0.05) is 21.9 Å². The maximum absolute atomic E-state index is 11.5. The number of benzene rings is 1. The molecule has 0 radical (unpaired) electrons. The molecule has 1 aromatic carbocycles. The van der Waals surface area contributed by atoms with Crippen molar-refractivity contribution in [2.75, 3.05) is 0 Å². The fraction of sp³-hybridized carbons (Fsp3) is 0.357. The molecular weight excluding hydrogens is 274 g/mol. The quantitative estimate of drug-likeness (QED) is 0.376. The van der Waals surface area contributed by atoms with E-state index in [4.69, 9.17) is 14.7 Å². The molecule has 0 unspecified atom stereocenters. The Morgan fingerprint density at radius 2 is 2.05 bits per heavy atom. The van der Waals surface area contributed by atoms with Gasteiger partial charge < -0.3 is 14.3 Å². The molecule has 1 aliphatic heterocycles. The predicted molar refractivity (Wildman–Crippen MR) is 75.1 cm³/mol. The van der Waals surface area contributed by atoms with E-state index in [1.165, 1.54) is 6.07 Å². The van der Waals surface area contributed by atoms with Crippen molar-refractivity contribution >= 4 is 11.0 Å². The second-order valence-corrected chi connectivity index (χ2v) is 5.45. The van der Waals surface area contributed by atoms with Crippen LogP contribution in [0.4, 0.5) is 0 Å². The zero-order chi connectivity index (χ0) is 15.2. The van der Waals surface area contributed by atoms with Crippen LogP contribution in [0.5, 0.6) is 5.75 Å². The van der Waals surface area contributed by atoms with Gasteiger partial charge >= 0.3 is 5.63 Å². The Kier molecular flexibility index (Phi) is 2.90. The second-order valence-electron chi connectivity index (χ2n) is 5.45. The fourth-order valence-electron chi connectivity index (χ4n) is 2.56. The van der Waals surface area contributed by atoms with E-state index in [1.807, 2.05) is 0 Å². The van der Waals surface area contributed by atoms with Crippen molar-refractivity contribution in [2.45, 2.75) is 31.6 Å². The van der Waals surface area contributed by atoms with E-state index in [1.54, 1.807) is 32.0 Å². The largest absolute Gasteiger partial charge is 0.485 e. The Labute approximate surface area is 119 Å². The third-order valence-corrected chi connectivity index (χ3v) is 3.64. The number of aliphatic hydroxyl groups excluding tert-OH is 1. The summed E-state index contributed by atoms with van der Waals surface area (Å²) in [5.74, 6) is 0.435. The molecule has 7 nitrogen and oxygen atoms in total. The normalized spacial score (nSPS) is 23.0. The molecule has 0 amide bonds. The number of aliphatic hydroxyl groups is 1. The van der Waals surface area contributed by atoms with Crippen LogP contribution in [0.15, 0.2) is 38.6 Å². The van der Waals surface area contributed by atoms with Gasteiger partial charge in [-0.25, -0.2) is 4.79 Å². The minimum Gasteiger partial charge on any atom is -0.485 e. The second kappa shape index (κ2) is 4.51. The van der Waals surface area contributed by atoms with E-state index in [2.05, 4.69) is 10.0 Å². The topological polar surface area (TPSA) is 108 Å². The lowest BCUT2D eigenvalue weighted by Gasteiger charge is -2.40. The highest BCUT2D eigenvalue weighted by atomic mass is 16.5. The summed E-state index contributed by atoms with van der Waals surface area (Å²) < 4.78 is 11.0. The summed E-state index contributed by atoms with van der Waals surface area (Å²) in [4.78, 5) is 14.3. The summed E-state index contributed by atoms with van der Waals surface area (Å²) >= 11 is 0. The van der Waals surface area contributed by atoms with E-state index in [0.717, 1.165) is 0 Å². The van der Waals surface area contributed by atoms with Crippen molar-refractivity contribution in [3.05, 3.63) is 50.7 Å². The van der Waals surface area contributed by atoms with Crippen molar-refractivity contribution in [3.63, 3.8) is 0 Å². The third-order valence-electron chi connectivity index (χ3n) is 3.64. The molecule has 1 aliphatic rings. The van der Waals surface area contributed by atoms with Gasteiger partial charge in [-0.1, -0.05) is 5.11 Å². The zero-order valence-corrected chi connectivity index (χ0v) is 11.5. The van der Waals surface area contributed by atoms with Crippen LogP contribution < -0.4 is 10.4 Å². The van der Waals surface area contributed by atoms with E-state index >= 15 is 0 Å². The van der Waals surface area contributed by atoms with Crippen LogP contribution in [0.3, 0.4) is 0 Å². The molecule has 2 atom stereocenters. The summed E-state index contributed by atoms with van der Waals surface area (Å²) in [6, 6.07) is 5.49. The van der Waals surface area contributed by atoms with Crippen molar-refractivity contribution in [1.29, 1.82) is 0 Å². The smallest absolute Gasteiger partial charge is 0.336 e.